The first-order chi connectivity index (χ1) is 11.4. The molecule has 0 aliphatic rings. The van der Waals surface area contributed by atoms with E-state index in [0.29, 0.717) is 16.6 Å². The van der Waals surface area contributed by atoms with Crippen LogP contribution < -0.4 is 0 Å². The van der Waals surface area contributed by atoms with Gasteiger partial charge in [-0.25, -0.2) is 0 Å². The van der Waals surface area contributed by atoms with E-state index in [1.165, 1.54) is 23.9 Å². The van der Waals surface area contributed by atoms with Crippen LogP contribution in [0.4, 0.5) is 13.2 Å². The lowest BCUT2D eigenvalue weighted by Crippen LogP contribution is -2.26. The molecule has 0 rings (SSSR count). The number of aliphatic hydroxyl groups is 1. The molecule has 0 fully saturated rings. The molecule has 0 unspecified atom stereocenters. The highest BCUT2D eigenvalue weighted by molar-refractivity contribution is 8.03. The van der Waals surface area contributed by atoms with Gasteiger partial charge in [-0.15, -0.1) is 17.5 Å². The van der Waals surface area contributed by atoms with Gasteiger partial charge in [0.05, 0.1) is 6.61 Å². The van der Waals surface area contributed by atoms with Crippen molar-refractivity contribution >= 4 is 33.6 Å². The van der Waals surface area contributed by atoms with Gasteiger partial charge in [-0.05, 0) is 19.1 Å². The molecular formula is C15H23F3O4S3. The van der Waals surface area contributed by atoms with Crippen molar-refractivity contribution in [1.29, 1.82) is 0 Å². The topological polar surface area (TPSA) is 63.6 Å². The lowest BCUT2D eigenvalue weighted by Gasteiger charge is -2.11. The molecule has 146 valence electrons. The maximum absolute atomic E-state index is 12.3. The summed E-state index contributed by atoms with van der Waals surface area (Å²) in [6, 6.07) is 0. The van der Waals surface area contributed by atoms with E-state index in [0.717, 1.165) is 5.75 Å². The summed E-state index contributed by atoms with van der Waals surface area (Å²) in [4.78, 5) is 0. The molecule has 1 atom stereocenters. The van der Waals surface area contributed by atoms with Gasteiger partial charge in [0.25, 0.3) is 0 Å². The molecule has 1 N–H and O–H groups in total. The van der Waals surface area contributed by atoms with Crippen LogP contribution in [-0.2, 0) is 14.3 Å². The standard InChI is InChI=1S/C15H23F3O4S3/c1-5-6-13(10-22-25(20,21)15(16,17)18)9-12(4)14(19)24-8-7-23-11(2)3/h5-6,11,14,19H,7-8,10H2,1-4H3/b6-5+/t9?,14-/m0/s1. The van der Waals surface area contributed by atoms with Crippen molar-refractivity contribution in [2.24, 2.45) is 0 Å². The zero-order valence-corrected chi connectivity index (χ0v) is 16.9. The molecule has 0 aliphatic heterocycles. The number of halogens is 3. The fourth-order valence-electron chi connectivity index (χ4n) is 1.42. The fourth-order valence-corrected chi connectivity index (χ4v) is 3.61. The monoisotopic (exact) mass is 420 g/mol. The minimum atomic E-state index is -5.67. The molecule has 0 heterocycles. The maximum Gasteiger partial charge on any atom is 0.523 e. The minimum Gasteiger partial charge on any atom is -0.378 e. The van der Waals surface area contributed by atoms with Crippen molar-refractivity contribution in [2.75, 3.05) is 18.1 Å². The van der Waals surface area contributed by atoms with Gasteiger partial charge in [-0.2, -0.15) is 33.4 Å². The smallest absolute Gasteiger partial charge is 0.378 e. The van der Waals surface area contributed by atoms with E-state index in [-0.39, 0.29) is 5.57 Å². The molecule has 0 radical (unpaired) electrons. The first-order valence-corrected chi connectivity index (χ1v) is 10.9. The number of rotatable bonds is 10. The van der Waals surface area contributed by atoms with E-state index in [2.05, 4.69) is 23.8 Å². The van der Waals surface area contributed by atoms with Crippen molar-refractivity contribution in [1.82, 2.24) is 0 Å². The quantitative estimate of drug-likeness (QED) is 0.143. The van der Waals surface area contributed by atoms with Crippen LogP contribution in [-0.4, -0.2) is 47.8 Å². The summed E-state index contributed by atoms with van der Waals surface area (Å²) >= 11 is 3.02. The first kappa shape index (κ1) is 24.6. The summed E-state index contributed by atoms with van der Waals surface area (Å²) in [6.07, 6.45) is 2.89. The van der Waals surface area contributed by atoms with E-state index in [1.54, 1.807) is 25.6 Å². The van der Waals surface area contributed by atoms with Crippen molar-refractivity contribution in [3.63, 3.8) is 0 Å². The zero-order chi connectivity index (χ0) is 19.7. The molecular weight excluding hydrogens is 397 g/mol. The second-order valence-corrected chi connectivity index (χ2v) is 9.62. The molecule has 0 aromatic rings. The number of allylic oxidation sites excluding steroid dienone is 1. The Labute approximate surface area is 155 Å². The molecule has 0 saturated carbocycles. The Kier molecular flexibility index (Phi) is 11.2. The number of alkyl halides is 3. The fraction of sp³-hybridized carbons (Fsp3) is 0.667. The van der Waals surface area contributed by atoms with Crippen molar-refractivity contribution in [3.05, 3.63) is 29.0 Å². The second-order valence-electron chi connectivity index (χ2n) is 5.14. The molecule has 0 saturated heterocycles. The van der Waals surface area contributed by atoms with E-state index in [1.807, 2.05) is 0 Å². The van der Waals surface area contributed by atoms with Crippen LogP contribution >= 0.6 is 23.5 Å². The Morgan fingerprint density at radius 3 is 2.32 bits per heavy atom. The lowest BCUT2D eigenvalue weighted by atomic mass is 10.2. The SMILES string of the molecule is C/C=C/C(=C=C(C)[C@@H](O)SCCSC(C)C)COS(=O)(=O)C(F)(F)F. The second kappa shape index (κ2) is 11.4. The van der Waals surface area contributed by atoms with Gasteiger partial charge in [0, 0.05) is 22.7 Å². The summed E-state index contributed by atoms with van der Waals surface area (Å²) in [7, 11) is -5.67. The highest BCUT2D eigenvalue weighted by Gasteiger charge is 2.47. The van der Waals surface area contributed by atoms with Gasteiger partial charge in [0.1, 0.15) is 5.44 Å². The highest BCUT2D eigenvalue weighted by atomic mass is 32.2. The molecule has 10 heteroatoms. The van der Waals surface area contributed by atoms with Crippen LogP contribution in [0.25, 0.3) is 0 Å². The van der Waals surface area contributed by atoms with Crippen molar-refractivity contribution in [2.45, 2.75) is 43.9 Å². The van der Waals surface area contributed by atoms with E-state index < -0.39 is 27.7 Å². The van der Waals surface area contributed by atoms with Gasteiger partial charge in [-0.3, -0.25) is 4.18 Å². The first-order valence-electron chi connectivity index (χ1n) is 7.36. The largest absolute Gasteiger partial charge is 0.523 e. The maximum atomic E-state index is 12.3. The molecule has 0 aliphatic carbocycles. The average Bonchev–Trinajstić information content (AvgIpc) is 2.47. The van der Waals surface area contributed by atoms with Gasteiger partial charge >= 0.3 is 15.6 Å². The predicted molar refractivity (Wildman–Crippen MR) is 98.0 cm³/mol. The van der Waals surface area contributed by atoms with Crippen LogP contribution in [0.3, 0.4) is 0 Å². The molecule has 0 spiro atoms. The zero-order valence-electron chi connectivity index (χ0n) is 14.5. The van der Waals surface area contributed by atoms with Crippen molar-refractivity contribution in [3.8, 4) is 0 Å². The van der Waals surface area contributed by atoms with Crippen molar-refractivity contribution < 1.29 is 30.9 Å². The van der Waals surface area contributed by atoms with Crippen LogP contribution in [0.15, 0.2) is 29.0 Å². The highest BCUT2D eigenvalue weighted by Crippen LogP contribution is 2.25. The summed E-state index contributed by atoms with van der Waals surface area (Å²) in [5, 5.41) is 10.5. The third-order valence-corrected chi connectivity index (χ3v) is 6.03. The van der Waals surface area contributed by atoms with Gasteiger partial charge in [0.15, 0.2) is 0 Å². The molecule has 0 amide bonds. The summed E-state index contributed by atoms with van der Waals surface area (Å²) in [5.41, 5.74) is -3.19. The third kappa shape index (κ3) is 10.4. The van der Waals surface area contributed by atoms with Gasteiger partial charge < -0.3 is 5.11 Å². The predicted octanol–water partition coefficient (Wildman–Crippen LogP) is 4.09. The Hall–Kier alpha value is -0.380. The Bertz CT molecular complexity index is 604. The molecule has 25 heavy (non-hydrogen) atoms. The Morgan fingerprint density at radius 1 is 1.28 bits per heavy atom. The van der Waals surface area contributed by atoms with Crippen LogP contribution in [0, 0.1) is 0 Å². The summed E-state index contributed by atoms with van der Waals surface area (Å²) in [5.74, 6) is 1.55. The van der Waals surface area contributed by atoms with E-state index >= 15 is 0 Å². The van der Waals surface area contributed by atoms with Gasteiger partial charge in [-0.1, -0.05) is 26.0 Å². The number of aliphatic hydroxyl groups excluding tert-OH is 1. The minimum absolute atomic E-state index is 0.0871. The van der Waals surface area contributed by atoms with Gasteiger partial charge in [0.2, 0.25) is 0 Å². The third-order valence-electron chi connectivity index (χ3n) is 2.56. The van der Waals surface area contributed by atoms with E-state index in [4.69, 9.17) is 0 Å². The van der Waals surface area contributed by atoms with Crippen LogP contribution in [0.2, 0.25) is 0 Å². The average molecular weight is 421 g/mol. The number of thioether (sulfide) groups is 2. The molecule has 0 aromatic heterocycles. The Balaban J connectivity index is 5.00. The molecule has 0 aromatic carbocycles. The summed E-state index contributed by atoms with van der Waals surface area (Å²) in [6.45, 7) is 6.50. The number of hydrogen-bond donors (Lipinski definition) is 1. The normalized spacial score (nSPS) is 14.0. The van der Waals surface area contributed by atoms with E-state index in [9.17, 15) is 26.7 Å². The van der Waals surface area contributed by atoms with Crippen LogP contribution in [0.5, 0.6) is 0 Å². The Morgan fingerprint density at radius 2 is 1.84 bits per heavy atom. The van der Waals surface area contributed by atoms with Crippen LogP contribution in [0.1, 0.15) is 27.7 Å². The molecule has 4 nitrogen and oxygen atoms in total. The summed E-state index contributed by atoms with van der Waals surface area (Å²) < 4.78 is 62.7. The molecule has 0 bridgehead atoms. The number of hydrogen-bond acceptors (Lipinski definition) is 6. The lowest BCUT2D eigenvalue weighted by molar-refractivity contribution is -0.0536.